The van der Waals surface area contributed by atoms with Crippen LogP contribution in [0.2, 0.25) is 0 Å². The van der Waals surface area contributed by atoms with Gasteiger partial charge in [-0.05, 0) is 51.4 Å². The molecule has 134 valence electrons. The zero-order valence-electron chi connectivity index (χ0n) is 14.9. The van der Waals surface area contributed by atoms with Crippen molar-refractivity contribution in [2.75, 3.05) is 34.0 Å². The molecule has 0 radical (unpaired) electrons. The van der Waals surface area contributed by atoms with Crippen LogP contribution in [-0.4, -0.2) is 49.7 Å². The molecule has 2 aromatic rings. The van der Waals surface area contributed by atoms with Crippen LogP contribution in [0.4, 0.5) is 0 Å². The average molecular weight is 344 g/mol. The first-order chi connectivity index (χ1) is 12.0. The van der Waals surface area contributed by atoms with Crippen molar-refractivity contribution >= 4 is 5.91 Å². The molecule has 3 rings (SSSR count). The molecule has 0 aliphatic carbocycles. The van der Waals surface area contributed by atoms with Crippen molar-refractivity contribution in [2.24, 2.45) is 0 Å². The summed E-state index contributed by atoms with van der Waals surface area (Å²) in [5, 5.41) is 0. The number of benzene rings is 1. The lowest BCUT2D eigenvalue weighted by Crippen LogP contribution is -2.36. The van der Waals surface area contributed by atoms with E-state index in [-0.39, 0.29) is 12.7 Å². The Balaban J connectivity index is 1.79. The molecule has 0 fully saturated rings. The summed E-state index contributed by atoms with van der Waals surface area (Å²) < 4.78 is 16.4. The lowest BCUT2D eigenvalue weighted by atomic mass is 10.1. The summed E-state index contributed by atoms with van der Waals surface area (Å²) in [5.41, 5.74) is 1.54. The molecule has 0 N–H and O–H groups in total. The fourth-order valence-corrected chi connectivity index (χ4v) is 2.74. The quantitative estimate of drug-likeness (QED) is 0.806. The molecule has 0 atom stereocenters. The predicted octanol–water partition coefficient (Wildman–Crippen LogP) is 2.66. The number of aryl methyl sites for hydroxylation is 1. The first-order valence-electron chi connectivity index (χ1n) is 8.36. The van der Waals surface area contributed by atoms with Crippen LogP contribution in [-0.2, 0) is 17.9 Å². The second kappa shape index (κ2) is 7.72. The van der Waals surface area contributed by atoms with Crippen LogP contribution < -0.4 is 4.74 Å². The number of fused-ring (bicyclic) bond motifs is 1. The van der Waals surface area contributed by atoms with E-state index in [1.54, 1.807) is 0 Å². The molecule has 1 aromatic carbocycles. The van der Waals surface area contributed by atoms with Crippen LogP contribution in [0.1, 0.15) is 27.4 Å². The fourth-order valence-electron chi connectivity index (χ4n) is 2.74. The topological polar surface area (TPSA) is 55.2 Å². The molecule has 2 heterocycles. The zero-order chi connectivity index (χ0) is 17.8. The Labute approximate surface area is 147 Å². The molecule has 0 bridgehead atoms. The third-order valence-electron chi connectivity index (χ3n) is 4.11. The molecule has 6 nitrogen and oxygen atoms in total. The van der Waals surface area contributed by atoms with Crippen molar-refractivity contribution in [1.29, 1.82) is 0 Å². The highest BCUT2D eigenvalue weighted by molar-refractivity contribution is 5.94. The van der Waals surface area contributed by atoms with Crippen molar-refractivity contribution in [3.8, 4) is 5.75 Å². The predicted molar refractivity (Wildman–Crippen MR) is 93.5 cm³/mol. The van der Waals surface area contributed by atoms with E-state index in [1.165, 1.54) is 0 Å². The normalized spacial score (nSPS) is 13.4. The highest BCUT2D eigenvalue weighted by Crippen LogP contribution is 2.25. The summed E-state index contributed by atoms with van der Waals surface area (Å²) in [6, 6.07) is 9.33. The highest BCUT2D eigenvalue weighted by Gasteiger charge is 2.20. The van der Waals surface area contributed by atoms with Gasteiger partial charge in [0.15, 0.2) is 6.79 Å². The molecule has 0 spiro atoms. The van der Waals surface area contributed by atoms with Crippen molar-refractivity contribution < 1.29 is 18.7 Å². The van der Waals surface area contributed by atoms with Crippen molar-refractivity contribution in [2.45, 2.75) is 20.1 Å². The van der Waals surface area contributed by atoms with Crippen LogP contribution in [0.3, 0.4) is 0 Å². The van der Waals surface area contributed by atoms with Crippen LogP contribution in [0.5, 0.6) is 5.75 Å². The number of furan rings is 1. The van der Waals surface area contributed by atoms with Gasteiger partial charge in [0.2, 0.25) is 0 Å². The summed E-state index contributed by atoms with van der Waals surface area (Å²) >= 11 is 0. The standard InChI is InChI=1S/C19H24N2O4/c1-14-4-6-17(25-14)11-21(9-8-20(2)3)19(22)15-5-7-18-16(10-15)12-23-13-24-18/h4-7,10H,8-9,11-13H2,1-3H3. The van der Waals surface area contributed by atoms with E-state index in [9.17, 15) is 4.79 Å². The lowest BCUT2D eigenvalue weighted by Gasteiger charge is -2.24. The van der Waals surface area contributed by atoms with Gasteiger partial charge in [0.05, 0.1) is 13.2 Å². The van der Waals surface area contributed by atoms with E-state index < -0.39 is 0 Å². The van der Waals surface area contributed by atoms with Gasteiger partial charge in [0.1, 0.15) is 17.3 Å². The highest BCUT2D eigenvalue weighted by atomic mass is 16.7. The Kier molecular flexibility index (Phi) is 5.40. The summed E-state index contributed by atoms with van der Waals surface area (Å²) in [4.78, 5) is 16.9. The zero-order valence-corrected chi connectivity index (χ0v) is 14.9. The van der Waals surface area contributed by atoms with Gasteiger partial charge in [-0.3, -0.25) is 4.79 Å². The number of hydrogen-bond donors (Lipinski definition) is 0. The van der Waals surface area contributed by atoms with Gasteiger partial charge < -0.3 is 23.7 Å². The molecule has 1 aliphatic heterocycles. The minimum absolute atomic E-state index is 0.0238. The molecular formula is C19H24N2O4. The van der Waals surface area contributed by atoms with E-state index in [0.717, 1.165) is 29.4 Å². The molecule has 25 heavy (non-hydrogen) atoms. The maximum Gasteiger partial charge on any atom is 0.254 e. The Morgan fingerprint density at radius 1 is 1.16 bits per heavy atom. The van der Waals surface area contributed by atoms with Gasteiger partial charge in [-0.2, -0.15) is 0 Å². The Morgan fingerprint density at radius 3 is 2.72 bits per heavy atom. The molecule has 1 aromatic heterocycles. The van der Waals surface area contributed by atoms with E-state index in [2.05, 4.69) is 4.90 Å². The Bertz CT molecular complexity index is 739. The number of hydrogen-bond acceptors (Lipinski definition) is 5. The van der Waals surface area contributed by atoms with Crippen molar-refractivity contribution in [3.05, 3.63) is 53.0 Å². The summed E-state index contributed by atoms with van der Waals surface area (Å²) in [6.07, 6.45) is 0. The van der Waals surface area contributed by atoms with Gasteiger partial charge in [-0.1, -0.05) is 0 Å². The van der Waals surface area contributed by atoms with Gasteiger partial charge in [-0.25, -0.2) is 0 Å². The number of carbonyl (C=O) groups excluding carboxylic acids is 1. The maximum atomic E-state index is 13.0. The number of carbonyl (C=O) groups is 1. The maximum absolute atomic E-state index is 13.0. The molecule has 1 amide bonds. The molecule has 1 aliphatic rings. The Morgan fingerprint density at radius 2 is 2.00 bits per heavy atom. The number of likely N-dealkylation sites (N-methyl/N-ethyl adjacent to an activating group) is 1. The fraction of sp³-hybridized carbons (Fsp3) is 0.421. The third-order valence-corrected chi connectivity index (χ3v) is 4.11. The number of rotatable bonds is 6. The number of nitrogens with zero attached hydrogens (tertiary/aromatic N) is 2. The first-order valence-corrected chi connectivity index (χ1v) is 8.36. The Hall–Kier alpha value is -2.31. The van der Waals surface area contributed by atoms with Crippen LogP contribution in [0, 0.1) is 6.92 Å². The van der Waals surface area contributed by atoms with Crippen LogP contribution in [0.15, 0.2) is 34.7 Å². The van der Waals surface area contributed by atoms with Gasteiger partial charge in [0.25, 0.3) is 5.91 Å². The second-order valence-electron chi connectivity index (χ2n) is 6.48. The summed E-state index contributed by atoms with van der Waals surface area (Å²) in [6.45, 7) is 4.47. The smallest absolute Gasteiger partial charge is 0.254 e. The molecule has 0 unspecified atom stereocenters. The minimum Gasteiger partial charge on any atom is -0.467 e. The summed E-state index contributed by atoms with van der Waals surface area (Å²) in [7, 11) is 3.99. The van der Waals surface area contributed by atoms with Crippen LogP contribution >= 0.6 is 0 Å². The largest absolute Gasteiger partial charge is 0.467 e. The van der Waals surface area contributed by atoms with Crippen LogP contribution in [0.25, 0.3) is 0 Å². The van der Waals surface area contributed by atoms with Crippen molar-refractivity contribution in [3.63, 3.8) is 0 Å². The summed E-state index contributed by atoms with van der Waals surface area (Å²) in [5.74, 6) is 2.39. The van der Waals surface area contributed by atoms with E-state index in [1.807, 2.05) is 56.3 Å². The lowest BCUT2D eigenvalue weighted by molar-refractivity contribution is -0.0164. The first kappa shape index (κ1) is 17.5. The van der Waals surface area contributed by atoms with Gasteiger partial charge in [-0.15, -0.1) is 0 Å². The number of ether oxygens (including phenoxy) is 2. The molecule has 0 saturated carbocycles. The van der Waals surface area contributed by atoms with E-state index in [4.69, 9.17) is 13.9 Å². The average Bonchev–Trinajstić information content (AvgIpc) is 3.02. The van der Waals surface area contributed by atoms with Gasteiger partial charge in [0, 0.05) is 24.2 Å². The van der Waals surface area contributed by atoms with Crippen molar-refractivity contribution in [1.82, 2.24) is 9.80 Å². The number of amides is 1. The van der Waals surface area contributed by atoms with E-state index in [0.29, 0.717) is 25.3 Å². The molecule has 0 saturated heterocycles. The second-order valence-corrected chi connectivity index (χ2v) is 6.48. The third kappa shape index (κ3) is 4.41. The SMILES string of the molecule is Cc1ccc(CN(CCN(C)C)C(=O)c2ccc3c(c2)COCO3)o1. The minimum atomic E-state index is -0.0238. The van der Waals surface area contributed by atoms with E-state index >= 15 is 0 Å². The molecule has 6 heteroatoms. The van der Waals surface area contributed by atoms with Gasteiger partial charge >= 0.3 is 0 Å². The monoisotopic (exact) mass is 344 g/mol. The molecular weight excluding hydrogens is 320 g/mol.